The molecule has 0 heteroatoms. The van der Waals surface area contributed by atoms with Crippen LogP contribution in [0.15, 0.2) is 0 Å². The Kier molecular flexibility index (Phi) is 4.33. The first kappa shape index (κ1) is 12.5. The molecule has 1 atom stereocenters. The Morgan fingerprint density at radius 1 is 0.938 bits per heavy atom. The average Bonchev–Trinajstić information content (AvgIpc) is 2.36. The third kappa shape index (κ3) is 2.46. The SMILES string of the molecule is CCCCC(CCC)C12CCC(CC1)CC2. The maximum absolute atomic E-state index is 2.38. The third-order valence-corrected chi connectivity index (χ3v) is 5.56. The van der Waals surface area contributed by atoms with Crippen molar-refractivity contribution in [2.75, 3.05) is 0 Å². The lowest BCUT2D eigenvalue weighted by molar-refractivity contribution is -0.000939. The van der Waals surface area contributed by atoms with Gasteiger partial charge < -0.3 is 0 Å². The second-order valence-corrected chi connectivity index (χ2v) is 6.47. The zero-order chi connectivity index (χ0) is 11.4. The molecule has 0 radical (unpaired) electrons. The van der Waals surface area contributed by atoms with E-state index in [1.807, 2.05) is 0 Å². The van der Waals surface area contributed by atoms with Crippen molar-refractivity contribution in [1.82, 2.24) is 0 Å². The molecule has 0 aromatic carbocycles. The molecule has 0 heterocycles. The van der Waals surface area contributed by atoms with Gasteiger partial charge in [-0.1, -0.05) is 39.5 Å². The molecule has 0 N–H and O–H groups in total. The van der Waals surface area contributed by atoms with Crippen molar-refractivity contribution < 1.29 is 0 Å². The van der Waals surface area contributed by atoms with Gasteiger partial charge in [0.2, 0.25) is 0 Å². The lowest BCUT2D eigenvalue weighted by Crippen LogP contribution is -2.40. The summed E-state index contributed by atoms with van der Waals surface area (Å²) in [4.78, 5) is 0. The van der Waals surface area contributed by atoms with Crippen molar-refractivity contribution in [3.8, 4) is 0 Å². The Labute approximate surface area is 102 Å². The van der Waals surface area contributed by atoms with E-state index in [1.54, 1.807) is 38.5 Å². The van der Waals surface area contributed by atoms with Crippen molar-refractivity contribution in [1.29, 1.82) is 0 Å². The van der Waals surface area contributed by atoms with Gasteiger partial charge in [0.25, 0.3) is 0 Å². The topological polar surface area (TPSA) is 0 Å². The lowest BCUT2D eigenvalue weighted by atomic mass is 9.54. The molecule has 3 aliphatic carbocycles. The fraction of sp³-hybridized carbons (Fsp3) is 1.00. The zero-order valence-corrected chi connectivity index (χ0v) is 11.4. The van der Waals surface area contributed by atoms with Gasteiger partial charge in [-0.05, 0) is 62.2 Å². The van der Waals surface area contributed by atoms with Gasteiger partial charge in [0, 0.05) is 0 Å². The highest BCUT2D eigenvalue weighted by Gasteiger charge is 2.44. The molecule has 0 saturated heterocycles. The monoisotopic (exact) mass is 222 g/mol. The van der Waals surface area contributed by atoms with Gasteiger partial charge in [0.15, 0.2) is 0 Å². The van der Waals surface area contributed by atoms with Crippen LogP contribution < -0.4 is 0 Å². The maximum Gasteiger partial charge on any atom is -0.0269 e. The number of unbranched alkanes of at least 4 members (excludes halogenated alkanes) is 1. The van der Waals surface area contributed by atoms with E-state index in [4.69, 9.17) is 0 Å². The van der Waals surface area contributed by atoms with E-state index in [2.05, 4.69) is 13.8 Å². The predicted molar refractivity (Wildman–Crippen MR) is 71.5 cm³/mol. The minimum atomic E-state index is 0.805. The fourth-order valence-electron chi connectivity index (χ4n) is 4.45. The van der Waals surface area contributed by atoms with Crippen molar-refractivity contribution >= 4 is 0 Å². The van der Waals surface area contributed by atoms with Crippen LogP contribution in [0, 0.1) is 17.3 Å². The maximum atomic E-state index is 2.38. The Hall–Kier alpha value is 0. The van der Waals surface area contributed by atoms with Crippen LogP contribution in [0.4, 0.5) is 0 Å². The van der Waals surface area contributed by atoms with E-state index < -0.39 is 0 Å². The summed E-state index contributed by atoms with van der Waals surface area (Å²) in [6.07, 6.45) is 16.7. The van der Waals surface area contributed by atoms with E-state index >= 15 is 0 Å². The summed E-state index contributed by atoms with van der Waals surface area (Å²) in [6.45, 7) is 4.72. The molecule has 94 valence electrons. The van der Waals surface area contributed by atoms with Crippen LogP contribution in [0.2, 0.25) is 0 Å². The molecule has 0 aromatic rings. The minimum Gasteiger partial charge on any atom is -0.0654 e. The first-order valence-corrected chi connectivity index (χ1v) is 7.80. The largest absolute Gasteiger partial charge is 0.0654 e. The van der Waals surface area contributed by atoms with Gasteiger partial charge in [-0.2, -0.15) is 0 Å². The van der Waals surface area contributed by atoms with Gasteiger partial charge in [-0.3, -0.25) is 0 Å². The summed E-state index contributed by atoms with van der Waals surface area (Å²) in [5.74, 6) is 2.19. The Balaban J connectivity index is 1.98. The third-order valence-electron chi connectivity index (χ3n) is 5.56. The molecule has 1 unspecified atom stereocenters. The summed E-state index contributed by atoms with van der Waals surface area (Å²) in [6, 6.07) is 0. The number of hydrogen-bond acceptors (Lipinski definition) is 0. The molecule has 2 bridgehead atoms. The predicted octanol–water partition coefficient (Wildman–Crippen LogP) is 5.56. The van der Waals surface area contributed by atoms with Crippen LogP contribution in [-0.4, -0.2) is 0 Å². The van der Waals surface area contributed by atoms with Gasteiger partial charge in [0.05, 0.1) is 0 Å². The van der Waals surface area contributed by atoms with Gasteiger partial charge in [-0.25, -0.2) is 0 Å². The molecule has 3 saturated carbocycles. The standard InChI is InChI=1S/C16H30/c1-3-5-7-15(6-4-2)16-11-8-14(9-12-16)10-13-16/h14-15H,3-13H2,1-2H3. The van der Waals surface area contributed by atoms with Crippen LogP contribution in [0.25, 0.3) is 0 Å². The van der Waals surface area contributed by atoms with E-state index in [0.29, 0.717) is 0 Å². The molecule has 0 nitrogen and oxygen atoms in total. The molecular formula is C16H30. The minimum absolute atomic E-state index is 0.805. The summed E-state index contributed by atoms with van der Waals surface area (Å²) in [5, 5.41) is 0. The van der Waals surface area contributed by atoms with Crippen molar-refractivity contribution in [2.24, 2.45) is 17.3 Å². The highest BCUT2D eigenvalue weighted by Crippen LogP contribution is 2.56. The molecule has 3 aliphatic rings. The smallest absolute Gasteiger partial charge is 0.0269 e. The van der Waals surface area contributed by atoms with Crippen molar-refractivity contribution in [3.63, 3.8) is 0 Å². The quantitative estimate of drug-likeness (QED) is 0.551. The lowest BCUT2D eigenvalue weighted by Gasteiger charge is -2.51. The average molecular weight is 222 g/mol. The number of hydrogen-bond donors (Lipinski definition) is 0. The van der Waals surface area contributed by atoms with Gasteiger partial charge in [0.1, 0.15) is 0 Å². The molecule has 0 spiro atoms. The molecular weight excluding hydrogens is 192 g/mol. The summed E-state index contributed by atoms with van der Waals surface area (Å²) in [5.41, 5.74) is 0.805. The highest BCUT2D eigenvalue weighted by atomic mass is 14.5. The molecule has 0 aliphatic heterocycles. The van der Waals surface area contributed by atoms with Gasteiger partial charge >= 0.3 is 0 Å². The van der Waals surface area contributed by atoms with Crippen LogP contribution in [-0.2, 0) is 0 Å². The van der Waals surface area contributed by atoms with E-state index in [0.717, 1.165) is 17.3 Å². The molecule has 0 aromatic heterocycles. The van der Waals surface area contributed by atoms with E-state index in [-0.39, 0.29) is 0 Å². The Morgan fingerprint density at radius 3 is 2.06 bits per heavy atom. The van der Waals surface area contributed by atoms with E-state index in [1.165, 1.54) is 32.1 Å². The van der Waals surface area contributed by atoms with Crippen molar-refractivity contribution in [2.45, 2.75) is 84.5 Å². The van der Waals surface area contributed by atoms with Gasteiger partial charge in [-0.15, -0.1) is 0 Å². The second-order valence-electron chi connectivity index (χ2n) is 6.47. The summed E-state index contributed by atoms with van der Waals surface area (Å²) in [7, 11) is 0. The molecule has 3 fully saturated rings. The Bertz CT molecular complexity index is 184. The normalized spacial score (nSPS) is 35.2. The second kappa shape index (κ2) is 5.56. The first-order chi connectivity index (χ1) is 7.80. The highest BCUT2D eigenvalue weighted by molar-refractivity contribution is 4.95. The van der Waals surface area contributed by atoms with Crippen LogP contribution in [0.5, 0.6) is 0 Å². The fourth-order valence-corrected chi connectivity index (χ4v) is 4.45. The van der Waals surface area contributed by atoms with Crippen LogP contribution in [0.1, 0.15) is 84.5 Å². The molecule has 16 heavy (non-hydrogen) atoms. The first-order valence-electron chi connectivity index (χ1n) is 7.80. The summed E-state index contributed by atoms with van der Waals surface area (Å²) >= 11 is 0. The zero-order valence-electron chi connectivity index (χ0n) is 11.4. The van der Waals surface area contributed by atoms with Crippen molar-refractivity contribution in [3.05, 3.63) is 0 Å². The van der Waals surface area contributed by atoms with Crippen LogP contribution in [0.3, 0.4) is 0 Å². The number of fused-ring (bicyclic) bond motifs is 3. The van der Waals surface area contributed by atoms with Crippen LogP contribution >= 0.6 is 0 Å². The number of rotatable bonds is 6. The molecule has 0 amide bonds. The summed E-state index contributed by atoms with van der Waals surface area (Å²) < 4.78 is 0. The Morgan fingerprint density at radius 2 is 1.56 bits per heavy atom. The molecule has 3 rings (SSSR count). The van der Waals surface area contributed by atoms with E-state index in [9.17, 15) is 0 Å².